The van der Waals surface area contributed by atoms with Gasteiger partial charge in [-0.1, -0.05) is 12.1 Å². The van der Waals surface area contributed by atoms with E-state index in [0.29, 0.717) is 18.6 Å². The molecule has 0 heterocycles. The largest absolute Gasteiger partial charge is 0.399 e. The fourth-order valence-corrected chi connectivity index (χ4v) is 2.30. The Labute approximate surface area is 114 Å². The Morgan fingerprint density at radius 3 is 2.68 bits per heavy atom. The van der Waals surface area contributed by atoms with Gasteiger partial charge in [0.1, 0.15) is 0 Å². The number of nitrogens with two attached hydrogens (primary N) is 1. The van der Waals surface area contributed by atoms with E-state index in [-0.39, 0.29) is 5.91 Å². The van der Waals surface area contributed by atoms with Crippen molar-refractivity contribution >= 4 is 11.6 Å². The topological polar surface area (TPSA) is 64.3 Å². The number of carbonyl (C=O) groups is 1. The number of nitrogens with one attached hydrogen (secondary N) is 1. The highest BCUT2D eigenvalue weighted by atomic mass is 16.5. The molecule has 1 fully saturated rings. The second-order valence-corrected chi connectivity index (χ2v) is 5.05. The zero-order valence-electron chi connectivity index (χ0n) is 11.4. The second kappa shape index (κ2) is 6.57. The SMILES string of the molecule is CCOC1CC(NC(=O)CCc2ccc(N)cc2)C1. The van der Waals surface area contributed by atoms with Crippen LogP contribution in [0.3, 0.4) is 0 Å². The van der Waals surface area contributed by atoms with Crippen molar-refractivity contribution in [3.8, 4) is 0 Å². The van der Waals surface area contributed by atoms with Crippen molar-refractivity contribution in [1.29, 1.82) is 0 Å². The number of nitrogen functional groups attached to an aromatic ring is 1. The van der Waals surface area contributed by atoms with E-state index in [1.807, 2.05) is 31.2 Å². The van der Waals surface area contributed by atoms with E-state index in [0.717, 1.165) is 37.1 Å². The summed E-state index contributed by atoms with van der Waals surface area (Å²) in [7, 11) is 0. The smallest absolute Gasteiger partial charge is 0.220 e. The predicted octanol–water partition coefficient (Wildman–Crippen LogP) is 1.89. The van der Waals surface area contributed by atoms with E-state index in [2.05, 4.69) is 5.32 Å². The van der Waals surface area contributed by atoms with Gasteiger partial charge in [-0.3, -0.25) is 4.79 Å². The van der Waals surface area contributed by atoms with Gasteiger partial charge in [0, 0.05) is 24.8 Å². The molecular formula is C15H22N2O2. The predicted molar refractivity (Wildman–Crippen MR) is 75.8 cm³/mol. The molecule has 2 rings (SSSR count). The average molecular weight is 262 g/mol. The van der Waals surface area contributed by atoms with Gasteiger partial charge in [0.15, 0.2) is 0 Å². The third-order valence-electron chi connectivity index (χ3n) is 3.48. The van der Waals surface area contributed by atoms with Crippen LogP contribution in [-0.4, -0.2) is 24.7 Å². The molecule has 104 valence electrons. The lowest BCUT2D eigenvalue weighted by Gasteiger charge is -2.35. The standard InChI is InChI=1S/C15H22N2O2/c1-2-19-14-9-13(10-14)17-15(18)8-5-11-3-6-12(16)7-4-11/h3-4,6-7,13-14H,2,5,8-10,16H2,1H3,(H,17,18). The van der Waals surface area contributed by atoms with Crippen LogP contribution in [0.2, 0.25) is 0 Å². The molecule has 1 aliphatic carbocycles. The Hall–Kier alpha value is -1.55. The molecule has 19 heavy (non-hydrogen) atoms. The zero-order chi connectivity index (χ0) is 13.7. The maximum absolute atomic E-state index is 11.8. The summed E-state index contributed by atoms with van der Waals surface area (Å²) in [6.45, 7) is 2.75. The molecule has 1 aromatic rings. The van der Waals surface area contributed by atoms with Crippen LogP contribution in [0.15, 0.2) is 24.3 Å². The molecule has 0 spiro atoms. The molecule has 0 unspecified atom stereocenters. The van der Waals surface area contributed by atoms with Crippen molar-refractivity contribution in [1.82, 2.24) is 5.32 Å². The van der Waals surface area contributed by atoms with Crippen LogP contribution in [0.4, 0.5) is 5.69 Å². The first-order valence-electron chi connectivity index (χ1n) is 6.92. The van der Waals surface area contributed by atoms with Crippen LogP contribution in [0, 0.1) is 0 Å². The lowest BCUT2D eigenvalue weighted by atomic mass is 9.89. The first-order chi connectivity index (χ1) is 9.17. The summed E-state index contributed by atoms with van der Waals surface area (Å²) in [6, 6.07) is 7.97. The summed E-state index contributed by atoms with van der Waals surface area (Å²) in [5.41, 5.74) is 7.52. The van der Waals surface area contributed by atoms with Gasteiger partial charge in [-0.25, -0.2) is 0 Å². The van der Waals surface area contributed by atoms with E-state index >= 15 is 0 Å². The van der Waals surface area contributed by atoms with Gasteiger partial charge < -0.3 is 15.8 Å². The summed E-state index contributed by atoms with van der Waals surface area (Å²) >= 11 is 0. The molecule has 3 N–H and O–H groups in total. The van der Waals surface area contributed by atoms with E-state index in [9.17, 15) is 4.79 Å². The van der Waals surface area contributed by atoms with Crippen molar-refractivity contribution in [2.45, 2.75) is 44.8 Å². The summed E-state index contributed by atoms with van der Waals surface area (Å²) in [6.07, 6.45) is 3.52. The van der Waals surface area contributed by atoms with E-state index < -0.39 is 0 Å². The van der Waals surface area contributed by atoms with Crippen molar-refractivity contribution in [3.63, 3.8) is 0 Å². The first-order valence-corrected chi connectivity index (χ1v) is 6.92. The fraction of sp³-hybridized carbons (Fsp3) is 0.533. The van der Waals surface area contributed by atoms with Crippen LogP contribution in [0.5, 0.6) is 0 Å². The van der Waals surface area contributed by atoms with E-state index in [1.165, 1.54) is 0 Å². The van der Waals surface area contributed by atoms with Crippen molar-refractivity contribution in [2.75, 3.05) is 12.3 Å². The van der Waals surface area contributed by atoms with Crippen molar-refractivity contribution in [3.05, 3.63) is 29.8 Å². The lowest BCUT2D eigenvalue weighted by molar-refractivity contribution is -0.123. The maximum Gasteiger partial charge on any atom is 0.220 e. The van der Waals surface area contributed by atoms with Gasteiger partial charge >= 0.3 is 0 Å². The maximum atomic E-state index is 11.8. The molecule has 0 aliphatic heterocycles. The Bertz CT molecular complexity index is 411. The highest BCUT2D eigenvalue weighted by molar-refractivity contribution is 5.76. The summed E-state index contributed by atoms with van der Waals surface area (Å²) in [5, 5.41) is 3.04. The highest BCUT2D eigenvalue weighted by Gasteiger charge is 2.30. The number of ether oxygens (including phenoxy) is 1. The van der Waals surface area contributed by atoms with E-state index in [1.54, 1.807) is 0 Å². The molecular weight excluding hydrogens is 240 g/mol. The number of carbonyl (C=O) groups excluding carboxylic acids is 1. The number of amides is 1. The Balaban J connectivity index is 1.64. The molecule has 1 aliphatic rings. The Morgan fingerprint density at radius 1 is 1.37 bits per heavy atom. The third kappa shape index (κ3) is 4.24. The van der Waals surface area contributed by atoms with Crippen LogP contribution in [0.25, 0.3) is 0 Å². The molecule has 0 saturated heterocycles. The summed E-state index contributed by atoms with van der Waals surface area (Å²) in [5.74, 6) is 0.122. The van der Waals surface area contributed by atoms with Gasteiger partial charge in [-0.05, 0) is 43.9 Å². The van der Waals surface area contributed by atoms with Crippen LogP contribution < -0.4 is 11.1 Å². The molecule has 1 aromatic carbocycles. The van der Waals surface area contributed by atoms with Gasteiger partial charge in [-0.2, -0.15) is 0 Å². The number of anilines is 1. The van der Waals surface area contributed by atoms with Crippen LogP contribution >= 0.6 is 0 Å². The summed E-state index contributed by atoms with van der Waals surface area (Å²) in [4.78, 5) is 11.8. The number of hydrogen-bond acceptors (Lipinski definition) is 3. The monoisotopic (exact) mass is 262 g/mol. The van der Waals surface area contributed by atoms with E-state index in [4.69, 9.17) is 10.5 Å². The van der Waals surface area contributed by atoms with Crippen molar-refractivity contribution in [2.24, 2.45) is 0 Å². The minimum absolute atomic E-state index is 0.122. The van der Waals surface area contributed by atoms with Crippen LogP contribution in [0.1, 0.15) is 31.7 Å². The average Bonchev–Trinajstić information content (AvgIpc) is 2.36. The lowest BCUT2D eigenvalue weighted by Crippen LogP contribution is -2.47. The quantitative estimate of drug-likeness (QED) is 0.769. The van der Waals surface area contributed by atoms with Crippen molar-refractivity contribution < 1.29 is 9.53 Å². The Kier molecular flexibility index (Phi) is 4.80. The molecule has 1 saturated carbocycles. The number of aryl methyl sites for hydroxylation is 1. The second-order valence-electron chi connectivity index (χ2n) is 5.05. The first kappa shape index (κ1) is 13.9. The number of rotatable bonds is 6. The minimum atomic E-state index is 0.122. The third-order valence-corrected chi connectivity index (χ3v) is 3.48. The summed E-state index contributed by atoms with van der Waals surface area (Å²) < 4.78 is 5.47. The number of benzene rings is 1. The zero-order valence-corrected chi connectivity index (χ0v) is 11.4. The number of hydrogen-bond donors (Lipinski definition) is 2. The molecule has 4 nitrogen and oxygen atoms in total. The molecule has 4 heteroatoms. The molecule has 0 atom stereocenters. The molecule has 0 aromatic heterocycles. The van der Waals surface area contributed by atoms with Gasteiger partial charge in [0.2, 0.25) is 5.91 Å². The minimum Gasteiger partial charge on any atom is -0.399 e. The molecule has 0 radical (unpaired) electrons. The highest BCUT2D eigenvalue weighted by Crippen LogP contribution is 2.23. The van der Waals surface area contributed by atoms with Gasteiger partial charge in [0.05, 0.1) is 6.10 Å². The van der Waals surface area contributed by atoms with Crippen LogP contribution in [-0.2, 0) is 16.0 Å². The molecule has 0 bridgehead atoms. The fourth-order valence-electron chi connectivity index (χ4n) is 2.30. The molecule has 1 amide bonds. The van der Waals surface area contributed by atoms with Gasteiger partial charge in [-0.15, -0.1) is 0 Å². The normalized spacial score (nSPS) is 21.7. The Morgan fingerprint density at radius 2 is 2.05 bits per heavy atom. The van der Waals surface area contributed by atoms with Gasteiger partial charge in [0.25, 0.3) is 0 Å².